The summed E-state index contributed by atoms with van der Waals surface area (Å²) in [5, 5.41) is 18.6. The first-order chi connectivity index (χ1) is 55.4. The summed E-state index contributed by atoms with van der Waals surface area (Å²) in [5.74, 6) is 2.37. The summed E-state index contributed by atoms with van der Waals surface area (Å²) in [6, 6.07) is 18.0. The Bertz CT molecular complexity index is 3410. The van der Waals surface area contributed by atoms with Gasteiger partial charge in [0.25, 0.3) is 0 Å². The zero-order valence-corrected chi connectivity index (χ0v) is 79.5. The van der Waals surface area contributed by atoms with Crippen molar-refractivity contribution in [1.82, 2.24) is 24.5 Å². The quantitative estimate of drug-likeness (QED) is 0.0435. The van der Waals surface area contributed by atoms with Crippen molar-refractivity contribution in [3.8, 4) is 0 Å². The van der Waals surface area contributed by atoms with Crippen LogP contribution in [0.25, 0.3) is 0 Å². The number of carbonyl (C=O) groups excluding carboxylic acids is 10. The highest BCUT2D eigenvalue weighted by atomic mass is 32.2. The van der Waals surface area contributed by atoms with Gasteiger partial charge in [-0.15, -0.1) is 0 Å². The van der Waals surface area contributed by atoms with E-state index in [1.807, 2.05) is 136 Å². The average molecular weight is 1690 g/mol. The molecule has 678 valence electrons. The van der Waals surface area contributed by atoms with E-state index in [9.17, 15) is 58.2 Å². The Kier molecular flexibility index (Phi) is 47.6. The first kappa shape index (κ1) is 108. The minimum Gasteiger partial charge on any atom is -0.513 e. The van der Waals surface area contributed by atoms with Crippen LogP contribution in [0.4, 0.5) is 0 Å². The lowest BCUT2D eigenvalue weighted by Crippen LogP contribution is -2.47. The van der Waals surface area contributed by atoms with Crippen LogP contribution in [0.3, 0.4) is 0 Å². The molecule has 11 atom stereocenters. The predicted molar refractivity (Wildman–Crippen MR) is 476 cm³/mol. The predicted octanol–water partition coefficient (Wildman–Crippen LogP) is 17.3. The summed E-state index contributed by atoms with van der Waals surface area (Å²) >= 11 is 1.81. The Balaban J connectivity index is 0.000000490. The Hall–Kier alpha value is -7.01. The highest BCUT2D eigenvalue weighted by Gasteiger charge is 2.45. The molecule has 22 nitrogen and oxygen atoms in total. The van der Waals surface area contributed by atoms with Crippen molar-refractivity contribution in [3.63, 3.8) is 0 Å². The van der Waals surface area contributed by atoms with Crippen molar-refractivity contribution in [2.75, 3.05) is 65.6 Å². The fourth-order valence-corrected chi connectivity index (χ4v) is 16.3. The maximum Gasteiger partial charge on any atom is 0.329 e. The molecule has 23 heteroatoms. The molecular weight excluding hydrogens is 1530 g/mol. The van der Waals surface area contributed by atoms with Crippen molar-refractivity contribution in [3.05, 3.63) is 84.1 Å². The number of hydrogen-bond acceptors (Lipinski definition) is 18. The lowest BCUT2D eigenvalue weighted by atomic mass is 9.86. The van der Waals surface area contributed by atoms with Gasteiger partial charge in [-0.1, -0.05) is 178 Å². The van der Waals surface area contributed by atoms with Gasteiger partial charge in [0.15, 0.2) is 0 Å². The lowest BCUT2D eigenvalue weighted by molar-refractivity contribution is -0.164. The number of carbonyl (C=O) groups is 10. The van der Waals surface area contributed by atoms with E-state index in [0.29, 0.717) is 101 Å². The summed E-state index contributed by atoms with van der Waals surface area (Å²) in [7, 11) is 2.77. The summed E-state index contributed by atoms with van der Waals surface area (Å²) in [4.78, 5) is 133. The third-order valence-electron chi connectivity index (χ3n) is 22.4. The van der Waals surface area contributed by atoms with Crippen molar-refractivity contribution >= 4 is 71.1 Å². The summed E-state index contributed by atoms with van der Waals surface area (Å²) in [6.45, 7) is 56.4. The van der Waals surface area contributed by atoms with Crippen LogP contribution in [0.5, 0.6) is 0 Å². The normalized spacial score (nSPS) is 19.5. The van der Waals surface area contributed by atoms with E-state index in [1.54, 1.807) is 24.5 Å². The molecule has 6 unspecified atom stereocenters. The monoisotopic (exact) mass is 1690 g/mol. The van der Waals surface area contributed by atoms with E-state index < -0.39 is 46.9 Å². The molecule has 2 aromatic carbocycles. The molecule has 5 fully saturated rings. The van der Waals surface area contributed by atoms with Gasteiger partial charge in [-0.05, 0) is 229 Å². The van der Waals surface area contributed by atoms with Crippen molar-refractivity contribution in [2.45, 2.75) is 316 Å². The van der Waals surface area contributed by atoms with Gasteiger partial charge in [0.1, 0.15) is 47.0 Å². The smallest absolute Gasteiger partial charge is 0.329 e. The van der Waals surface area contributed by atoms with Gasteiger partial charge in [0, 0.05) is 62.3 Å². The Labute approximate surface area is 722 Å². The molecule has 0 aliphatic carbocycles. The van der Waals surface area contributed by atoms with Crippen LogP contribution in [0.1, 0.15) is 268 Å². The van der Waals surface area contributed by atoms with Crippen molar-refractivity contribution in [2.24, 2.45) is 82.9 Å². The SMILES string of the molecule is C=C(O)C(CCSC)C(C)C.CC(C)C(CO)C(=O)N1CCC[C@H]1C(=O)OC(C)(C)C.CC(C)C(Cc1ccccc1)C(=O)N1CCC[C@H]1C(=O)OC(C)(C)C.CC(C)CC(C(=O)N1CCC[C@H]1C(=O)OC(C)(C)C)C(C)C.COC(=O)[C@@H]1CCCN1C(=O)C(CC(C)C)C(C)C.COC(=O)[C@@H]1CCCN1C(=O)C(Cc1ccccc1)C(C)C. The van der Waals surface area contributed by atoms with E-state index in [1.165, 1.54) is 14.2 Å². The highest BCUT2D eigenvalue weighted by molar-refractivity contribution is 7.98. The molecule has 5 aliphatic rings. The molecule has 0 aromatic heterocycles. The Morgan fingerprint density at radius 2 is 0.622 bits per heavy atom. The minimum atomic E-state index is -0.553. The third-order valence-corrected chi connectivity index (χ3v) is 23.0. The van der Waals surface area contributed by atoms with Crippen LogP contribution in [0.15, 0.2) is 73.0 Å². The van der Waals surface area contributed by atoms with E-state index >= 15 is 0 Å². The number of hydrogen-bond donors (Lipinski definition) is 2. The van der Waals surface area contributed by atoms with E-state index in [4.69, 9.17) is 23.7 Å². The number of aliphatic hydroxyl groups is 2. The Morgan fingerprint density at radius 1 is 0.387 bits per heavy atom. The molecular formula is C96H161N5O17S. The summed E-state index contributed by atoms with van der Waals surface area (Å²) in [6.07, 6.45) is 14.0. The van der Waals surface area contributed by atoms with Crippen LogP contribution in [-0.2, 0) is 84.5 Å². The van der Waals surface area contributed by atoms with Crippen LogP contribution in [0, 0.1) is 82.9 Å². The van der Waals surface area contributed by atoms with Crippen LogP contribution in [0.2, 0.25) is 0 Å². The number of nitrogens with zero attached hydrogens (tertiary/aromatic N) is 5. The van der Waals surface area contributed by atoms with E-state index in [-0.39, 0.29) is 125 Å². The number of amides is 5. The zero-order chi connectivity index (χ0) is 90.7. The molecule has 0 bridgehead atoms. The summed E-state index contributed by atoms with van der Waals surface area (Å²) in [5.41, 5.74) is 0.716. The maximum atomic E-state index is 13.2. The van der Waals surface area contributed by atoms with Crippen LogP contribution < -0.4 is 0 Å². The van der Waals surface area contributed by atoms with Crippen LogP contribution in [-0.4, -0.2) is 207 Å². The summed E-state index contributed by atoms with van der Waals surface area (Å²) < 4.78 is 26.0. The lowest BCUT2D eigenvalue weighted by Gasteiger charge is -2.32. The van der Waals surface area contributed by atoms with Gasteiger partial charge in [-0.2, -0.15) is 11.8 Å². The topological polar surface area (TPSA) is 274 Å². The average Bonchev–Trinajstić information content (AvgIpc) is 1.74. The minimum absolute atomic E-state index is 0.00487. The number of ether oxygens (including phenoxy) is 5. The molecule has 2 N–H and O–H groups in total. The third kappa shape index (κ3) is 37.3. The molecule has 5 saturated heterocycles. The second kappa shape index (κ2) is 52.5. The maximum absolute atomic E-state index is 13.2. The molecule has 7 rings (SSSR count). The first-order valence-corrected chi connectivity index (χ1v) is 45.7. The number of esters is 5. The highest BCUT2D eigenvalue weighted by Crippen LogP contribution is 2.34. The van der Waals surface area contributed by atoms with Gasteiger partial charge in [-0.25, -0.2) is 24.0 Å². The Morgan fingerprint density at radius 3 is 0.824 bits per heavy atom. The van der Waals surface area contributed by atoms with Crippen LogP contribution >= 0.6 is 11.8 Å². The number of thioether (sulfide) groups is 1. The van der Waals surface area contributed by atoms with E-state index in [2.05, 4.69) is 122 Å². The molecule has 5 amide bonds. The van der Waals surface area contributed by atoms with Gasteiger partial charge in [0.05, 0.1) is 32.5 Å². The van der Waals surface area contributed by atoms with Gasteiger partial charge < -0.3 is 58.4 Å². The number of methoxy groups -OCH3 is 2. The number of aliphatic hydroxyl groups excluding tert-OH is 2. The van der Waals surface area contributed by atoms with Crippen molar-refractivity contribution in [1.29, 1.82) is 0 Å². The molecule has 5 aliphatic heterocycles. The second-order valence-electron chi connectivity index (χ2n) is 38.8. The van der Waals surface area contributed by atoms with Gasteiger partial charge in [-0.3, -0.25) is 24.0 Å². The zero-order valence-electron chi connectivity index (χ0n) is 78.7. The van der Waals surface area contributed by atoms with Gasteiger partial charge >= 0.3 is 29.8 Å². The number of likely N-dealkylation sites (tertiary alicyclic amines) is 5. The molecule has 5 heterocycles. The number of rotatable bonds is 29. The fraction of sp³-hybridized carbons (Fsp3) is 0.750. The fourth-order valence-electron chi connectivity index (χ4n) is 15.8. The molecule has 0 saturated carbocycles. The van der Waals surface area contributed by atoms with E-state index in [0.717, 1.165) is 74.7 Å². The number of allylic oxidation sites excluding steroid dienone is 1. The molecule has 2 aromatic rings. The first-order valence-electron chi connectivity index (χ1n) is 44.3. The van der Waals surface area contributed by atoms with Crippen molar-refractivity contribution < 1.29 is 81.8 Å². The molecule has 0 radical (unpaired) electrons. The largest absolute Gasteiger partial charge is 0.513 e. The second-order valence-corrected chi connectivity index (χ2v) is 39.8. The van der Waals surface area contributed by atoms with Gasteiger partial charge in [0.2, 0.25) is 29.5 Å². The molecule has 0 spiro atoms. The number of benzene rings is 2. The molecule has 119 heavy (non-hydrogen) atoms. The standard InChI is InChI=1S/C21H31NO3.C18H25NO3.C18H33NO3.C15H27NO4.C15H27NO3.C9H18OS/c1-15(2)17(14-16-10-7-6-8-11-16)19(23)22-13-9-12-18(22)20(24)25-21(3,4)5;1-13(2)15(12-14-8-5-4-6-9-14)17(20)19-11-7-10-16(19)18(21)22-3;1-12(2)11-14(13(3)4)16(20)19-10-8-9-15(19)17(21)22-18(5,6)7;1-10(2)11(9-17)13(18)16-8-6-7-12(16)14(19)20-15(3,4)5;1-10(2)9-12(11(3)4)14(17)16-8-6-7-13(16)15(18)19-5;1-7(2)9(8(3)10)5-6-11-4/h6-8,10-11,15,17-18H,9,12-14H2,1-5H3;4-6,8-9,13,15-16H,7,10-12H2,1-3H3;12-15H,8-11H2,1-7H3;10-12,17H,6-9H2,1-5H3;10-13H,6-9H2,1-5H3;7,9-10H,3,5-6H2,1-2,4H3/t17?,18-;15?,16-;14?,15-;11?,12-;12?,13-;/m00000./s1.